The van der Waals surface area contributed by atoms with E-state index >= 15 is 0 Å². The maximum atomic E-state index is 9.33. The number of nitrogens with zero attached hydrogens (tertiary/aromatic N) is 1. The Morgan fingerprint density at radius 3 is 2.06 bits per heavy atom. The lowest BCUT2D eigenvalue weighted by molar-refractivity contribution is 0.510. The van der Waals surface area contributed by atoms with Gasteiger partial charge in [-0.1, -0.05) is 38.1 Å². The summed E-state index contributed by atoms with van der Waals surface area (Å²) in [6.45, 7) is 6.09. The van der Waals surface area contributed by atoms with Gasteiger partial charge in [-0.2, -0.15) is 5.26 Å². The summed E-state index contributed by atoms with van der Waals surface area (Å²) in [5, 5.41) is 9.33. The normalized spacial score (nSPS) is 13.2. The fraction of sp³-hybridized carbons (Fsp3) is 0.500. The lowest BCUT2D eigenvalue weighted by Gasteiger charge is -2.24. The van der Waals surface area contributed by atoms with Crippen LogP contribution >= 0.6 is 0 Å². The topological polar surface area (TPSA) is 49.8 Å². The molecule has 0 aliphatic carbocycles. The molecule has 0 radical (unpaired) electrons. The van der Waals surface area contributed by atoms with Gasteiger partial charge in [-0.3, -0.25) is 0 Å². The number of hydrogen-bond acceptors (Lipinski definition) is 2. The van der Waals surface area contributed by atoms with Crippen LogP contribution < -0.4 is 5.73 Å². The third kappa shape index (κ3) is 2.25. The molecule has 0 fully saturated rings. The molecule has 0 saturated carbocycles. The highest BCUT2D eigenvalue weighted by Crippen LogP contribution is 2.31. The molecule has 0 saturated heterocycles. The predicted octanol–water partition coefficient (Wildman–Crippen LogP) is 3.29. The van der Waals surface area contributed by atoms with Crippen molar-refractivity contribution in [3.8, 4) is 6.07 Å². The molecule has 0 aromatic heterocycles. The maximum Gasteiger partial charge on any atom is 0.0817 e. The number of benzene rings is 1. The first kappa shape index (κ1) is 12.7. The van der Waals surface area contributed by atoms with Crippen molar-refractivity contribution < 1.29 is 0 Å². The van der Waals surface area contributed by atoms with E-state index in [0.29, 0.717) is 0 Å². The summed E-state index contributed by atoms with van der Waals surface area (Å²) in [4.78, 5) is 0. The second-order valence-electron chi connectivity index (χ2n) is 4.31. The maximum absolute atomic E-state index is 9.33. The van der Waals surface area contributed by atoms with Crippen molar-refractivity contribution in [2.45, 2.75) is 45.1 Å². The van der Waals surface area contributed by atoms with Crippen LogP contribution in [0.5, 0.6) is 0 Å². The van der Waals surface area contributed by atoms with Crippen molar-refractivity contribution >= 4 is 0 Å². The van der Waals surface area contributed by atoms with Gasteiger partial charge in [-0.05, 0) is 30.9 Å². The van der Waals surface area contributed by atoms with Crippen LogP contribution in [-0.2, 0) is 5.41 Å². The molecule has 2 heteroatoms. The van der Waals surface area contributed by atoms with Gasteiger partial charge in [0, 0.05) is 6.04 Å². The Hall–Kier alpha value is -1.33. The Morgan fingerprint density at radius 2 is 1.75 bits per heavy atom. The zero-order valence-electron chi connectivity index (χ0n) is 10.3. The predicted molar refractivity (Wildman–Crippen MR) is 66.9 cm³/mol. The van der Waals surface area contributed by atoms with E-state index in [1.54, 1.807) is 0 Å². The summed E-state index contributed by atoms with van der Waals surface area (Å²) >= 11 is 0. The number of hydrogen-bond donors (Lipinski definition) is 1. The molecular weight excluding hydrogens is 196 g/mol. The van der Waals surface area contributed by atoms with E-state index in [2.05, 4.69) is 19.9 Å². The SMILES string of the molecule is CCC(C#N)(CC)c1ccc([C@@H](C)N)cc1. The average molecular weight is 216 g/mol. The first-order chi connectivity index (χ1) is 7.59. The van der Waals surface area contributed by atoms with Gasteiger partial charge < -0.3 is 5.73 Å². The number of nitrogens with two attached hydrogens (primary N) is 1. The van der Waals surface area contributed by atoms with E-state index in [9.17, 15) is 5.26 Å². The Balaban J connectivity index is 3.09. The first-order valence-electron chi connectivity index (χ1n) is 5.87. The fourth-order valence-electron chi connectivity index (χ4n) is 1.99. The zero-order chi connectivity index (χ0) is 12.2. The van der Waals surface area contributed by atoms with Gasteiger partial charge in [0.15, 0.2) is 0 Å². The molecule has 1 rings (SSSR count). The van der Waals surface area contributed by atoms with Crippen molar-refractivity contribution in [1.82, 2.24) is 0 Å². The van der Waals surface area contributed by atoms with E-state index in [1.807, 2.05) is 31.2 Å². The van der Waals surface area contributed by atoms with Gasteiger partial charge >= 0.3 is 0 Å². The van der Waals surface area contributed by atoms with E-state index in [1.165, 1.54) is 0 Å². The molecule has 86 valence electrons. The Bertz CT molecular complexity index is 367. The van der Waals surface area contributed by atoms with E-state index in [0.717, 1.165) is 24.0 Å². The zero-order valence-corrected chi connectivity index (χ0v) is 10.3. The Labute approximate surface area is 98.1 Å². The third-order valence-electron chi connectivity index (χ3n) is 3.41. The highest BCUT2D eigenvalue weighted by molar-refractivity contribution is 5.35. The van der Waals surface area contributed by atoms with Crippen LogP contribution in [-0.4, -0.2) is 0 Å². The van der Waals surface area contributed by atoms with Gasteiger partial charge in [-0.25, -0.2) is 0 Å². The van der Waals surface area contributed by atoms with Crippen molar-refractivity contribution in [2.75, 3.05) is 0 Å². The highest BCUT2D eigenvalue weighted by Gasteiger charge is 2.27. The van der Waals surface area contributed by atoms with E-state index in [-0.39, 0.29) is 11.5 Å². The molecule has 0 heterocycles. The van der Waals surface area contributed by atoms with Crippen molar-refractivity contribution in [3.63, 3.8) is 0 Å². The number of nitriles is 1. The van der Waals surface area contributed by atoms with Crippen LogP contribution in [0.15, 0.2) is 24.3 Å². The number of rotatable bonds is 4. The molecule has 0 spiro atoms. The lowest BCUT2D eigenvalue weighted by Crippen LogP contribution is -2.22. The van der Waals surface area contributed by atoms with E-state index in [4.69, 9.17) is 5.73 Å². The van der Waals surface area contributed by atoms with Crippen LogP contribution in [0.2, 0.25) is 0 Å². The molecule has 0 amide bonds. The molecule has 1 atom stereocenters. The summed E-state index contributed by atoms with van der Waals surface area (Å²) in [5.74, 6) is 0. The molecule has 1 aromatic carbocycles. The minimum atomic E-state index is -0.337. The van der Waals surface area contributed by atoms with Gasteiger partial charge in [0.2, 0.25) is 0 Å². The Morgan fingerprint density at radius 1 is 1.25 bits per heavy atom. The molecule has 0 bridgehead atoms. The Kier molecular flexibility index (Phi) is 4.09. The van der Waals surface area contributed by atoms with Crippen LogP contribution in [0, 0.1) is 11.3 Å². The van der Waals surface area contributed by atoms with Gasteiger partial charge in [0.05, 0.1) is 11.5 Å². The minimum Gasteiger partial charge on any atom is -0.324 e. The standard InChI is InChI=1S/C14H20N2/c1-4-14(5-2,10-15)13-8-6-12(7-9-13)11(3)16/h6-9,11H,4-5,16H2,1-3H3/t11-/m1/s1. The van der Waals surface area contributed by atoms with Crippen LogP contribution in [0.4, 0.5) is 0 Å². The second-order valence-corrected chi connectivity index (χ2v) is 4.31. The monoisotopic (exact) mass is 216 g/mol. The summed E-state index contributed by atoms with van der Waals surface area (Å²) < 4.78 is 0. The minimum absolute atomic E-state index is 0.0498. The van der Waals surface area contributed by atoms with Crippen molar-refractivity contribution in [2.24, 2.45) is 5.73 Å². The molecule has 2 nitrogen and oxygen atoms in total. The lowest BCUT2D eigenvalue weighted by atomic mass is 9.77. The van der Waals surface area contributed by atoms with E-state index < -0.39 is 0 Å². The second kappa shape index (κ2) is 5.14. The largest absolute Gasteiger partial charge is 0.324 e. The average Bonchev–Trinajstić information content (AvgIpc) is 2.33. The fourth-order valence-corrected chi connectivity index (χ4v) is 1.99. The summed E-state index contributed by atoms with van der Waals surface area (Å²) in [6, 6.07) is 10.6. The van der Waals surface area contributed by atoms with Crippen molar-refractivity contribution in [1.29, 1.82) is 5.26 Å². The van der Waals surface area contributed by atoms with Gasteiger partial charge in [-0.15, -0.1) is 0 Å². The molecule has 16 heavy (non-hydrogen) atoms. The van der Waals surface area contributed by atoms with Crippen LogP contribution in [0.3, 0.4) is 0 Å². The van der Waals surface area contributed by atoms with Crippen molar-refractivity contribution in [3.05, 3.63) is 35.4 Å². The van der Waals surface area contributed by atoms with Gasteiger partial charge in [0.25, 0.3) is 0 Å². The van der Waals surface area contributed by atoms with Crippen LogP contribution in [0.25, 0.3) is 0 Å². The molecule has 1 aromatic rings. The highest BCUT2D eigenvalue weighted by atomic mass is 14.6. The molecule has 0 aliphatic heterocycles. The summed E-state index contributed by atoms with van der Waals surface area (Å²) in [5.41, 5.74) is 7.68. The third-order valence-corrected chi connectivity index (χ3v) is 3.41. The molecular formula is C14H20N2. The summed E-state index contributed by atoms with van der Waals surface area (Å²) in [7, 11) is 0. The smallest absolute Gasteiger partial charge is 0.0817 e. The molecule has 2 N–H and O–H groups in total. The first-order valence-corrected chi connectivity index (χ1v) is 5.87. The summed E-state index contributed by atoms with van der Waals surface area (Å²) in [6.07, 6.45) is 1.69. The quantitative estimate of drug-likeness (QED) is 0.839. The molecule has 0 unspecified atom stereocenters. The van der Waals surface area contributed by atoms with Crippen LogP contribution in [0.1, 0.15) is 50.8 Å². The van der Waals surface area contributed by atoms with Gasteiger partial charge in [0.1, 0.15) is 0 Å². The molecule has 0 aliphatic rings.